The maximum atomic E-state index is 13.3. The number of nitrogens with two attached hydrogens (primary N) is 2. The van der Waals surface area contributed by atoms with Gasteiger partial charge < -0.3 is 16.2 Å². The van der Waals surface area contributed by atoms with E-state index in [1.165, 1.54) is 13.2 Å². The number of ether oxygens (including phenoxy) is 1. The standard InChI is InChI=1S/C11H17FN2O.ClH/c1-15-11-5-4-8(7-9(11)12)10(14)3-2-6-13;/h4-5,7,10H,2-3,6,13-14H2,1H3;1H/t10-;/m0./s1. The molecule has 0 aliphatic heterocycles. The van der Waals surface area contributed by atoms with E-state index in [4.69, 9.17) is 16.2 Å². The van der Waals surface area contributed by atoms with Crippen LogP contribution in [0.4, 0.5) is 4.39 Å². The molecule has 0 spiro atoms. The Kier molecular flexibility index (Phi) is 7.05. The molecule has 1 aromatic carbocycles. The van der Waals surface area contributed by atoms with E-state index in [0.717, 1.165) is 18.4 Å². The highest BCUT2D eigenvalue weighted by molar-refractivity contribution is 5.85. The van der Waals surface area contributed by atoms with Crippen molar-refractivity contribution in [1.29, 1.82) is 0 Å². The Hall–Kier alpha value is -0.840. The molecule has 16 heavy (non-hydrogen) atoms. The second-order valence-corrected chi connectivity index (χ2v) is 3.43. The van der Waals surface area contributed by atoms with Crippen molar-refractivity contribution >= 4 is 12.4 Å². The van der Waals surface area contributed by atoms with Crippen LogP contribution in [-0.2, 0) is 0 Å². The molecule has 1 atom stereocenters. The topological polar surface area (TPSA) is 61.3 Å². The quantitative estimate of drug-likeness (QED) is 0.838. The van der Waals surface area contributed by atoms with Gasteiger partial charge in [-0.2, -0.15) is 0 Å². The summed E-state index contributed by atoms with van der Waals surface area (Å²) in [5.41, 5.74) is 12.0. The molecule has 0 aliphatic rings. The first-order chi connectivity index (χ1) is 7.19. The zero-order valence-electron chi connectivity index (χ0n) is 9.28. The molecule has 0 radical (unpaired) electrons. The first kappa shape index (κ1) is 15.2. The van der Waals surface area contributed by atoms with Gasteiger partial charge in [0.2, 0.25) is 0 Å². The maximum Gasteiger partial charge on any atom is 0.165 e. The molecule has 0 amide bonds. The van der Waals surface area contributed by atoms with Gasteiger partial charge in [0.1, 0.15) is 0 Å². The van der Waals surface area contributed by atoms with Gasteiger partial charge in [0, 0.05) is 6.04 Å². The van der Waals surface area contributed by atoms with Gasteiger partial charge in [0.25, 0.3) is 0 Å². The van der Waals surface area contributed by atoms with E-state index in [1.807, 2.05) is 0 Å². The minimum atomic E-state index is -0.377. The normalized spacial score (nSPS) is 11.8. The molecular formula is C11H18ClFN2O. The smallest absolute Gasteiger partial charge is 0.165 e. The lowest BCUT2D eigenvalue weighted by Crippen LogP contribution is -2.12. The van der Waals surface area contributed by atoms with E-state index < -0.39 is 0 Å². The molecule has 0 heterocycles. The molecular weight excluding hydrogens is 231 g/mol. The first-order valence-electron chi connectivity index (χ1n) is 4.98. The van der Waals surface area contributed by atoms with Crippen LogP contribution in [0.1, 0.15) is 24.4 Å². The summed E-state index contributed by atoms with van der Waals surface area (Å²) in [7, 11) is 1.44. The lowest BCUT2D eigenvalue weighted by atomic mass is 10.0. The number of rotatable bonds is 5. The third-order valence-electron chi connectivity index (χ3n) is 2.32. The number of halogens is 2. The minimum absolute atomic E-state index is 0. The fourth-order valence-electron chi connectivity index (χ4n) is 1.42. The maximum absolute atomic E-state index is 13.3. The molecule has 0 aliphatic carbocycles. The Labute approximate surface area is 101 Å². The molecule has 5 heteroatoms. The number of methoxy groups -OCH3 is 1. The molecule has 1 rings (SSSR count). The number of benzene rings is 1. The predicted octanol–water partition coefficient (Wildman–Crippen LogP) is 1.99. The molecule has 0 unspecified atom stereocenters. The zero-order valence-corrected chi connectivity index (χ0v) is 10.1. The summed E-state index contributed by atoms with van der Waals surface area (Å²) in [6.07, 6.45) is 1.61. The Morgan fingerprint density at radius 2 is 2.12 bits per heavy atom. The summed E-state index contributed by atoms with van der Waals surface area (Å²) in [4.78, 5) is 0. The highest BCUT2D eigenvalue weighted by Crippen LogP contribution is 2.22. The molecule has 3 nitrogen and oxygen atoms in total. The van der Waals surface area contributed by atoms with Crippen LogP contribution in [0.3, 0.4) is 0 Å². The average molecular weight is 249 g/mol. The van der Waals surface area contributed by atoms with Gasteiger partial charge in [0.05, 0.1) is 7.11 Å². The Balaban J connectivity index is 0.00000225. The van der Waals surface area contributed by atoms with Gasteiger partial charge in [0.15, 0.2) is 11.6 Å². The van der Waals surface area contributed by atoms with Crippen LogP contribution >= 0.6 is 12.4 Å². The summed E-state index contributed by atoms with van der Waals surface area (Å²) in [6, 6.07) is 4.63. The zero-order chi connectivity index (χ0) is 11.3. The van der Waals surface area contributed by atoms with E-state index in [1.54, 1.807) is 12.1 Å². The molecule has 0 bridgehead atoms. The van der Waals surface area contributed by atoms with Crippen LogP contribution in [0.2, 0.25) is 0 Å². The second-order valence-electron chi connectivity index (χ2n) is 3.43. The minimum Gasteiger partial charge on any atom is -0.494 e. The molecule has 0 fully saturated rings. The van der Waals surface area contributed by atoms with E-state index in [2.05, 4.69) is 0 Å². The predicted molar refractivity (Wildman–Crippen MR) is 65.4 cm³/mol. The van der Waals surface area contributed by atoms with Crippen LogP contribution in [0.25, 0.3) is 0 Å². The van der Waals surface area contributed by atoms with Crippen LogP contribution in [0.15, 0.2) is 18.2 Å². The third kappa shape index (κ3) is 3.96. The molecule has 0 saturated carbocycles. The molecule has 92 valence electrons. The fourth-order valence-corrected chi connectivity index (χ4v) is 1.42. The van der Waals surface area contributed by atoms with Crippen molar-refractivity contribution in [3.8, 4) is 5.75 Å². The lowest BCUT2D eigenvalue weighted by molar-refractivity contribution is 0.385. The Bertz CT molecular complexity index is 323. The Morgan fingerprint density at radius 1 is 1.44 bits per heavy atom. The van der Waals surface area contributed by atoms with Crippen LogP contribution < -0.4 is 16.2 Å². The summed E-state index contributed by atoms with van der Waals surface area (Å²) in [6.45, 7) is 0.604. The average Bonchev–Trinajstić information content (AvgIpc) is 2.25. The van der Waals surface area contributed by atoms with Crippen molar-refractivity contribution < 1.29 is 9.13 Å². The number of hydrogen-bond donors (Lipinski definition) is 2. The van der Waals surface area contributed by atoms with E-state index >= 15 is 0 Å². The van der Waals surface area contributed by atoms with E-state index in [9.17, 15) is 4.39 Å². The van der Waals surface area contributed by atoms with Gasteiger partial charge in [-0.25, -0.2) is 4.39 Å². The summed E-state index contributed by atoms with van der Waals surface area (Å²) < 4.78 is 18.2. The number of hydrogen-bond acceptors (Lipinski definition) is 3. The van der Waals surface area contributed by atoms with Crippen LogP contribution in [-0.4, -0.2) is 13.7 Å². The lowest BCUT2D eigenvalue weighted by Gasteiger charge is -2.12. The van der Waals surface area contributed by atoms with Crippen molar-refractivity contribution in [1.82, 2.24) is 0 Å². The summed E-state index contributed by atoms with van der Waals surface area (Å²) in [5, 5.41) is 0. The summed E-state index contributed by atoms with van der Waals surface area (Å²) in [5.74, 6) is -0.136. The van der Waals surface area contributed by atoms with E-state index in [0.29, 0.717) is 6.54 Å². The van der Waals surface area contributed by atoms with Gasteiger partial charge in [-0.3, -0.25) is 0 Å². The molecule has 4 N–H and O–H groups in total. The fraction of sp³-hybridized carbons (Fsp3) is 0.455. The van der Waals surface area contributed by atoms with Crippen LogP contribution in [0, 0.1) is 5.82 Å². The van der Waals surface area contributed by atoms with Crippen molar-refractivity contribution in [3.05, 3.63) is 29.6 Å². The van der Waals surface area contributed by atoms with Gasteiger partial charge >= 0.3 is 0 Å². The van der Waals surface area contributed by atoms with Gasteiger partial charge in [-0.05, 0) is 37.1 Å². The second kappa shape index (κ2) is 7.44. The third-order valence-corrected chi connectivity index (χ3v) is 2.32. The SMILES string of the molecule is COc1ccc([C@@H](N)CCCN)cc1F.Cl. The highest BCUT2D eigenvalue weighted by atomic mass is 35.5. The molecule has 0 aromatic heterocycles. The monoisotopic (exact) mass is 248 g/mol. The van der Waals surface area contributed by atoms with Crippen molar-refractivity contribution in [3.63, 3.8) is 0 Å². The summed E-state index contributed by atoms with van der Waals surface area (Å²) >= 11 is 0. The molecule has 0 saturated heterocycles. The van der Waals surface area contributed by atoms with Crippen molar-refractivity contribution in [2.75, 3.05) is 13.7 Å². The van der Waals surface area contributed by atoms with Gasteiger partial charge in [-0.1, -0.05) is 6.07 Å². The highest BCUT2D eigenvalue weighted by Gasteiger charge is 2.09. The first-order valence-corrected chi connectivity index (χ1v) is 4.98. The van der Waals surface area contributed by atoms with Crippen molar-refractivity contribution in [2.24, 2.45) is 11.5 Å². The Morgan fingerprint density at radius 3 is 2.62 bits per heavy atom. The van der Waals surface area contributed by atoms with E-state index in [-0.39, 0.29) is 30.0 Å². The molecule has 1 aromatic rings. The van der Waals surface area contributed by atoms with Gasteiger partial charge in [-0.15, -0.1) is 12.4 Å². The largest absolute Gasteiger partial charge is 0.494 e. The van der Waals surface area contributed by atoms with Crippen molar-refractivity contribution in [2.45, 2.75) is 18.9 Å². The van der Waals surface area contributed by atoms with Crippen LogP contribution in [0.5, 0.6) is 5.75 Å².